The third-order valence-electron chi connectivity index (χ3n) is 5.98. The molecule has 162 valence electrons. The fourth-order valence-corrected chi connectivity index (χ4v) is 5.07. The predicted molar refractivity (Wildman–Crippen MR) is 117 cm³/mol. The molecule has 1 unspecified atom stereocenters. The van der Waals surface area contributed by atoms with Crippen LogP contribution in [0.3, 0.4) is 0 Å². The quantitative estimate of drug-likeness (QED) is 0.656. The highest BCUT2D eigenvalue weighted by molar-refractivity contribution is 7.99. The number of carbonyl (C=O) groups is 1. The highest BCUT2D eigenvalue weighted by atomic mass is 32.2. The minimum atomic E-state index is -0.211. The second-order valence-electron chi connectivity index (χ2n) is 7.92. The van der Waals surface area contributed by atoms with Crippen LogP contribution in [0.15, 0.2) is 29.4 Å². The van der Waals surface area contributed by atoms with Crippen LogP contribution in [0, 0.1) is 19.7 Å². The summed E-state index contributed by atoms with van der Waals surface area (Å²) in [5.74, 6) is 0.257. The second kappa shape index (κ2) is 9.39. The first-order chi connectivity index (χ1) is 14.5. The van der Waals surface area contributed by atoms with E-state index in [0.717, 1.165) is 42.5 Å². The van der Waals surface area contributed by atoms with Gasteiger partial charge >= 0.3 is 0 Å². The Kier molecular flexibility index (Phi) is 6.63. The highest BCUT2D eigenvalue weighted by Gasteiger charge is 2.24. The number of ether oxygens (including phenoxy) is 1. The van der Waals surface area contributed by atoms with Crippen molar-refractivity contribution in [3.63, 3.8) is 0 Å². The van der Waals surface area contributed by atoms with Crippen molar-refractivity contribution in [3.8, 4) is 0 Å². The topological polar surface area (TPSA) is 50.6 Å². The number of para-hydroxylation sites is 1. The second-order valence-corrected chi connectivity index (χ2v) is 8.86. The highest BCUT2D eigenvalue weighted by Crippen LogP contribution is 2.25. The third-order valence-corrected chi connectivity index (χ3v) is 6.94. The molecule has 30 heavy (non-hydrogen) atoms. The molecule has 0 N–H and O–H groups in total. The van der Waals surface area contributed by atoms with E-state index in [-0.39, 0.29) is 17.8 Å². The molecule has 2 aliphatic rings. The molecule has 1 aromatic carbocycles. The van der Waals surface area contributed by atoms with Gasteiger partial charge in [-0.05, 0) is 38.8 Å². The Bertz CT molecular complexity index is 889. The van der Waals surface area contributed by atoms with Crippen LogP contribution in [0.4, 0.5) is 10.1 Å². The van der Waals surface area contributed by atoms with Gasteiger partial charge in [0.05, 0.1) is 29.8 Å². The lowest BCUT2D eigenvalue weighted by molar-refractivity contribution is -0.128. The third kappa shape index (κ3) is 4.64. The summed E-state index contributed by atoms with van der Waals surface area (Å²) in [7, 11) is 0. The molecule has 0 saturated carbocycles. The Morgan fingerprint density at radius 1 is 1.23 bits per heavy atom. The van der Waals surface area contributed by atoms with E-state index in [4.69, 9.17) is 4.74 Å². The van der Waals surface area contributed by atoms with Gasteiger partial charge in [-0.15, -0.1) is 0 Å². The number of piperazine rings is 1. The number of benzene rings is 1. The average molecular weight is 433 g/mol. The van der Waals surface area contributed by atoms with Gasteiger partial charge in [0.2, 0.25) is 5.91 Å². The Morgan fingerprint density at radius 3 is 2.70 bits per heavy atom. The predicted octanol–water partition coefficient (Wildman–Crippen LogP) is 3.26. The number of aryl methyl sites for hydroxylation is 1. The number of rotatable bonds is 6. The van der Waals surface area contributed by atoms with Gasteiger partial charge in [-0.1, -0.05) is 23.9 Å². The van der Waals surface area contributed by atoms with E-state index in [9.17, 15) is 9.18 Å². The lowest BCUT2D eigenvalue weighted by Crippen LogP contribution is -2.49. The summed E-state index contributed by atoms with van der Waals surface area (Å²) in [4.78, 5) is 21.3. The first-order valence-electron chi connectivity index (χ1n) is 10.6. The maximum absolute atomic E-state index is 14.0. The first kappa shape index (κ1) is 21.2. The van der Waals surface area contributed by atoms with Crippen LogP contribution in [0.2, 0.25) is 0 Å². The molecule has 2 fully saturated rings. The molecule has 1 aromatic heterocycles. The number of thioether (sulfide) groups is 1. The number of aromatic nitrogens is 2. The molecule has 0 radical (unpaired) electrons. The number of hydrogen-bond acceptors (Lipinski definition) is 5. The monoisotopic (exact) mass is 432 g/mol. The molecule has 2 saturated heterocycles. The van der Waals surface area contributed by atoms with Crippen molar-refractivity contribution in [1.82, 2.24) is 14.5 Å². The smallest absolute Gasteiger partial charge is 0.233 e. The standard InChI is InChI=1S/C22H29FN4O2S/c1-16-17(2)27(14-18-6-5-13-29-18)22(24-16)30-15-21(28)26-11-9-25(10-12-26)20-8-4-3-7-19(20)23/h3-4,7-8,18H,5-6,9-15H2,1-2H3. The van der Waals surface area contributed by atoms with E-state index in [1.807, 2.05) is 22.8 Å². The number of carbonyl (C=O) groups excluding carboxylic acids is 1. The summed E-state index contributed by atoms with van der Waals surface area (Å²) in [6.07, 6.45) is 2.42. The van der Waals surface area contributed by atoms with Crippen molar-refractivity contribution in [2.24, 2.45) is 0 Å². The molecule has 2 aliphatic heterocycles. The van der Waals surface area contributed by atoms with Gasteiger partial charge < -0.3 is 19.1 Å². The summed E-state index contributed by atoms with van der Waals surface area (Å²) >= 11 is 1.50. The lowest BCUT2D eigenvalue weighted by atomic mass is 10.2. The maximum atomic E-state index is 14.0. The van der Waals surface area contributed by atoms with E-state index < -0.39 is 0 Å². The van der Waals surface area contributed by atoms with Crippen molar-refractivity contribution in [2.75, 3.05) is 43.4 Å². The molecule has 6 nitrogen and oxygen atoms in total. The largest absolute Gasteiger partial charge is 0.376 e. The zero-order chi connectivity index (χ0) is 21.1. The minimum absolute atomic E-state index is 0.107. The number of halogens is 1. The SMILES string of the molecule is Cc1nc(SCC(=O)N2CCN(c3ccccc3F)CC2)n(CC2CCCO2)c1C. The van der Waals surface area contributed by atoms with Crippen LogP contribution in [0.1, 0.15) is 24.2 Å². The summed E-state index contributed by atoms with van der Waals surface area (Å²) in [6.45, 7) is 8.21. The normalized spacial score (nSPS) is 19.5. The van der Waals surface area contributed by atoms with E-state index in [1.165, 1.54) is 17.8 Å². The Balaban J connectivity index is 1.32. The molecule has 8 heteroatoms. The van der Waals surface area contributed by atoms with Crippen molar-refractivity contribution < 1.29 is 13.9 Å². The fraction of sp³-hybridized carbons (Fsp3) is 0.545. The van der Waals surface area contributed by atoms with Crippen molar-refractivity contribution in [3.05, 3.63) is 41.5 Å². The van der Waals surface area contributed by atoms with E-state index in [2.05, 4.69) is 16.5 Å². The molecule has 3 heterocycles. The van der Waals surface area contributed by atoms with Crippen LogP contribution >= 0.6 is 11.8 Å². The number of nitrogens with zero attached hydrogens (tertiary/aromatic N) is 4. The summed E-state index contributed by atoms with van der Waals surface area (Å²) < 4.78 is 22.0. The molecular weight excluding hydrogens is 403 g/mol. The van der Waals surface area contributed by atoms with E-state index >= 15 is 0 Å². The summed E-state index contributed by atoms with van der Waals surface area (Å²) in [5, 5.41) is 0.888. The Morgan fingerprint density at radius 2 is 2.00 bits per heavy atom. The zero-order valence-electron chi connectivity index (χ0n) is 17.6. The van der Waals surface area contributed by atoms with Gasteiger partial charge in [-0.25, -0.2) is 9.37 Å². The van der Waals surface area contributed by atoms with E-state index in [1.54, 1.807) is 12.1 Å². The molecule has 2 aromatic rings. The van der Waals surface area contributed by atoms with Crippen LogP contribution < -0.4 is 4.90 Å². The van der Waals surface area contributed by atoms with Crippen LogP contribution in [-0.4, -0.2) is 65.0 Å². The minimum Gasteiger partial charge on any atom is -0.376 e. The molecule has 0 aliphatic carbocycles. The molecule has 0 spiro atoms. The van der Waals surface area contributed by atoms with Crippen molar-refractivity contribution >= 4 is 23.4 Å². The van der Waals surface area contributed by atoms with Crippen LogP contribution in [-0.2, 0) is 16.1 Å². The lowest BCUT2D eigenvalue weighted by Gasteiger charge is -2.36. The molecule has 1 atom stereocenters. The summed E-state index contributed by atoms with van der Waals surface area (Å²) in [5.41, 5.74) is 2.75. The van der Waals surface area contributed by atoms with Gasteiger partial charge in [0, 0.05) is 38.5 Å². The van der Waals surface area contributed by atoms with Gasteiger partial charge in [-0.3, -0.25) is 4.79 Å². The summed E-state index contributed by atoms with van der Waals surface area (Å²) in [6, 6.07) is 6.81. The Labute approximate surface area is 181 Å². The number of hydrogen-bond donors (Lipinski definition) is 0. The van der Waals surface area contributed by atoms with Gasteiger partial charge in [0.25, 0.3) is 0 Å². The molecule has 4 rings (SSSR count). The Hall–Kier alpha value is -2.06. The van der Waals surface area contributed by atoms with Crippen molar-refractivity contribution in [1.29, 1.82) is 0 Å². The molecule has 1 amide bonds. The molecular formula is C22H29FN4O2S. The van der Waals surface area contributed by atoms with Crippen molar-refractivity contribution in [2.45, 2.75) is 44.5 Å². The molecule has 0 bridgehead atoms. The van der Waals surface area contributed by atoms with Gasteiger partial charge in [0.1, 0.15) is 5.82 Å². The average Bonchev–Trinajstić information content (AvgIpc) is 3.36. The fourth-order valence-electron chi connectivity index (χ4n) is 4.06. The number of amides is 1. The van der Waals surface area contributed by atoms with Gasteiger partial charge in [-0.2, -0.15) is 0 Å². The number of imidazole rings is 1. The first-order valence-corrected chi connectivity index (χ1v) is 11.6. The van der Waals surface area contributed by atoms with Crippen LogP contribution in [0.25, 0.3) is 0 Å². The number of anilines is 1. The maximum Gasteiger partial charge on any atom is 0.233 e. The zero-order valence-corrected chi connectivity index (χ0v) is 18.5. The van der Waals surface area contributed by atoms with Gasteiger partial charge in [0.15, 0.2) is 5.16 Å². The van der Waals surface area contributed by atoms with Crippen LogP contribution in [0.5, 0.6) is 0 Å². The van der Waals surface area contributed by atoms with E-state index in [0.29, 0.717) is 37.6 Å².